The molecule has 4 aromatic rings. The summed E-state index contributed by atoms with van der Waals surface area (Å²) in [6.45, 7) is 0.120. The summed E-state index contributed by atoms with van der Waals surface area (Å²) in [5, 5.41) is 13.0. The van der Waals surface area contributed by atoms with Crippen molar-refractivity contribution in [3.63, 3.8) is 0 Å². The number of imide groups is 1. The standard InChI is InChI=1S/C28H16BrF3N2O5S/c29-21-12-16(6-9-23(21)39-24-10-8-20(28(30,31)32)14-22(24)34(37)38)13-25-26(35)33(27(36)40-25)15-17-5-7-18-3-1-2-4-19(18)11-17/h1-14H,15H2/b25-13-. The maximum atomic E-state index is 13.0. The summed E-state index contributed by atoms with van der Waals surface area (Å²) in [4.78, 5) is 37.4. The van der Waals surface area contributed by atoms with Crippen LogP contribution in [0.5, 0.6) is 11.5 Å². The lowest BCUT2D eigenvalue weighted by Gasteiger charge is -2.13. The highest BCUT2D eigenvalue weighted by atomic mass is 79.9. The van der Waals surface area contributed by atoms with Crippen molar-refractivity contribution in [3.05, 3.63) is 115 Å². The van der Waals surface area contributed by atoms with E-state index in [1.165, 1.54) is 12.1 Å². The number of nitro benzene ring substituents is 1. The van der Waals surface area contributed by atoms with Crippen LogP contribution in [0.3, 0.4) is 0 Å². The molecule has 1 fully saturated rings. The van der Waals surface area contributed by atoms with E-state index in [-0.39, 0.29) is 22.9 Å². The first kappa shape index (κ1) is 27.4. The van der Waals surface area contributed by atoms with Crippen molar-refractivity contribution in [2.24, 2.45) is 0 Å². The number of benzene rings is 4. The fourth-order valence-electron chi connectivity index (χ4n) is 4.04. The molecule has 0 N–H and O–H groups in total. The molecule has 0 bridgehead atoms. The van der Waals surface area contributed by atoms with E-state index >= 15 is 0 Å². The lowest BCUT2D eigenvalue weighted by Crippen LogP contribution is -2.27. The first-order chi connectivity index (χ1) is 19.0. The number of alkyl halides is 3. The van der Waals surface area contributed by atoms with Crippen molar-refractivity contribution in [2.45, 2.75) is 12.7 Å². The summed E-state index contributed by atoms with van der Waals surface area (Å²) in [5.41, 5.74) is -0.678. The van der Waals surface area contributed by atoms with E-state index < -0.39 is 33.5 Å². The molecule has 5 rings (SSSR count). The van der Waals surface area contributed by atoms with Crippen LogP contribution >= 0.6 is 27.7 Å². The fraction of sp³-hybridized carbons (Fsp3) is 0.0714. The Labute approximate surface area is 237 Å². The molecule has 1 aliphatic rings. The number of thioether (sulfide) groups is 1. The molecule has 0 unspecified atom stereocenters. The number of nitrogens with zero attached hydrogens (tertiary/aromatic N) is 2. The highest BCUT2D eigenvalue weighted by molar-refractivity contribution is 9.10. The Hall–Kier alpha value is -4.16. The molecular weight excluding hydrogens is 613 g/mol. The third-order valence-electron chi connectivity index (χ3n) is 5.98. The van der Waals surface area contributed by atoms with Gasteiger partial charge in [0, 0.05) is 6.07 Å². The Morgan fingerprint density at radius 2 is 1.68 bits per heavy atom. The van der Waals surface area contributed by atoms with Crippen molar-refractivity contribution >= 4 is 61.4 Å². The quantitative estimate of drug-likeness (QED) is 0.121. The van der Waals surface area contributed by atoms with Gasteiger partial charge in [-0.25, -0.2) is 0 Å². The zero-order valence-electron chi connectivity index (χ0n) is 20.1. The summed E-state index contributed by atoms with van der Waals surface area (Å²) in [7, 11) is 0. The number of carbonyl (C=O) groups is 2. The van der Waals surface area contributed by atoms with Gasteiger partial charge < -0.3 is 4.74 Å². The molecule has 202 valence electrons. The molecule has 1 saturated heterocycles. The third-order valence-corrected chi connectivity index (χ3v) is 7.51. The predicted molar refractivity (Wildman–Crippen MR) is 148 cm³/mol. The molecule has 0 saturated carbocycles. The Morgan fingerprint density at radius 1 is 0.950 bits per heavy atom. The number of fused-ring (bicyclic) bond motifs is 1. The molecule has 40 heavy (non-hydrogen) atoms. The minimum atomic E-state index is -4.75. The van der Waals surface area contributed by atoms with E-state index in [0.717, 1.165) is 39.1 Å². The zero-order chi connectivity index (χ0) is 28.6. The van der Waals surface area contributed by atoms with Crippen molar-refractivity contribution in [3.8, 4) is 11.5 Å². The molecule has 12 heteroatoms. The van der Waals surface area contributed by atoms with Gasteiger partial charge in [-0.1, -0.05) is 42.5 Å². The van der Waals surface area contributed by atoms with Crippen LogP contribution in [0, 0.1) is 10.1 Å². The molecule has 0 aromatic heterocycles. The SMILES string of the molecule is O=C1S/C(=C\c2ccc(Oc3ccc(C(F)(F)F)cc3[N+](=O)[O-])c(Br)c2)C(=O)N1Cc1ccc2ccccc2c1. The van der Waals surface area contributed by atoms with Crippen LogP contribution in [-0.2, 0) is 17.5 Å². The maximum absolute atomic E-state index is 13.0. The number of rotatable bonds is 6. The molecule has 1 heterocycles. The van der Waals surface area contributed by atoms with E-state index in [1.807, 2.05) is 42.5 Å². The molecule has 0 radical (unpaired) electrons. The predicted octanol–water partition coefficient (Wildman–Crippen LogP) is 8.56. The first-order valence-electron chi connectivity index (χ1n) is 11.6. The summed E-state index contributed by atoms with van der Waals surface area (Å²) in [6.07, 6.45) is -3.22. The number of ether oxygens (including phenoxy) is 1. The van der Waals surface area contributed by atoms with Crippen LogP contribution in [0.4, 0.5) is 23.7 Å². The average Bonchev–Trinajstić information content (AvgIpc) is 3.16. The van der Waals surface area contributed by atoms with E-state index in [0.29, 0.717) is 22.2 Å². The van der Waals surface area contributed by atoms with Crippen LogP contribution in [0.25, 0.3) is 16.8 Å². The maximum Gasteiger partial charge on any atom is 0.416 e. The fourth-order valence-corrected chi connectivity index (χ4v) is 5.35. The molecule has 2 amide bonds. The smallest absolute Gasteiger partial charge is 0.416 e. The van der Waals surface area contributed by atoms with Gasteiger partial charge >= 0.3 is 11.9 Å². The van der Waals surface area contributed by atoms with Gasteiger partial charge in [0.25, 0.3) is 11.1 Å². The number of carbonyl (C=O) groups excluding carboxylic acids is 2. The number of halogens is 4. The van der Waals surface area contributed by atoms with E-state index in [1.54, 1.807) is 12.1 Å². The Morgan fingerprint density at radius 3 is 2.38 bits per heavy atom. The minimum absolute atomic E-state index is 0.101. The van der Waals surface area contributed by atoms with Gasteiger partial charge in [0.1, 0.15) is 5.75 Å². The first-order valence-corrected chi connectivity index (χ1v) is 13.2. The molecule has 7 nitrogen and oxygen atoms in total. The molecule has 0 aliphatic carbocycles. The summed E-state index contributed by atoms with van der Waals surface area (Å²) in [5.74, 6) is -0.717. The largest absolute Gasteiger partial charge is 0.449 e. The zero-order valence-corrected chi connectivity index (χ0v) is 22.5. The second-order valence-electron chi connectivity index (χ2n) is 8.68. The normalized spacial score (nSPS) is 14.8. The van der Waals surface area contributed by atoms with Crippen molar-refractivity contribution < 1.29 is 32.4 Å². The van der Waals surface area contributed by atoms with Gasteiger partial charge in [0.15, 0.2) is 0 Å². The monoisotopic (exact) mass is 628 g/mol. The summed E-state index contributed by atoms with van der Waals surface area (Å²) >= 11 is 4.10. The van der Waals surface area contributed by atoms with Crippen molar-refractivity contribution in [2.75, 3.05) is 0 Å². The lowest BCUT2D eigenvalue weighted by atomic mass is 10.1. The average molecular weight is 629 g/mol. The second-order valence-corrected chi connectivity index (χ2v) is 10.5. The number of nitro groups is 1. The van der Waals surface area contributed by atoms with E-state index in [9.17, 15) is 32.9 Å². The number of amides is 2. The minimum Gasteiger partial charge on any atom is -0.449 e. The van der Waals surface area contributed by atoms with E-state index in [4.69, 9.17) is 4.74 Å². The van der Waals surface area contributed by atoms with Crippen molar-refractivity contribution in [1.29, 1.82) is 0 Å². The molecule has 0 spiro atoms. The number of hydrogen-bond donors (Lipinski definition) is 0. The topological polar surface area (TPSA) is 89.7 Å². The van der Waals surface area contributed by atoms with Gasteiger partial charge in [-0.3, -0.25) is 24.6 Å². The van der Waals surface area contributed by atoms with Gasteiger partial charge in [-0.15, -0.1) is 0 Å². The molecular formula is C28H16BrF3N2O5S. The van der Waals surface area contributed by atoms with Gasteiger partial charge in [0.2, 0.25) is 5.75 Å². The third kappa shape index (κ3) is 5.73. The second kappa shape index (κ2) is 10.8. The van der Waals surface area contributed by atoms with Crippen molar-refractivity contribution in [1.82, 2.24) is 4.90 Å². The van der Waals surface area contributed by atoms with Gasteiger partial charge in [-0.05, 0) is 86.0 Å². The van der Waals surface area contributed by atoms with Crippen LogP contribution in [0.15, 0.2) is 88.2 Å². The van der Waals surface area contributed by atoms with Crippen LogP contribution in [0.1, 0.15) is 16.7 Å². The highest BCUT2D eigenvalue weighted by Crippen LogP contribution is 2.40. The number of hydrogen-bond acceptors (Lipinski definition) is 6. The molecule has 0 atom stereocenters. The van der Waals surface area contributed by atoms with Crippen LogP contribution in [0.2, 0.25) is 0 Å². The Kier molecular flexibility index (Phi) is 7.39. The molecule has 4 aromatic carbocycles. The van der Waals surface area contributed by atoms with Gasteiger partial charge in [-0.2, -0.15) is 13.2 Å². The highest BCUT2D eigenvalue weighted by Gasteiger charge is 2.35. The summed E-state index contributed by atoms with van der Waals surface area (Å²) in [6, 6.07) is 20.0. The Bertz CT molecular complexity index is 1720. The van der Waals surface area contributed by atoms with E-state index in [2.05, 4.69) is 15.9 Å². The van der Waals surface area contributed by atoms with Crippen LogP contribution < -0.4 is 4.74 Å². The lowest BCUT2D eigenvalue weighted by molar-refractivity contribution is -0.385. The van der Waals surface area contributed by atoms with Crippen LogP contribution in [-0.4, -0.2) is 21.0 Å². The summed E-state index contributed by atoms with van der Waals surface area (Å²) < 4.78 is 44.8. The molecule has 1 aliphatic heterocycles. The van der Waals surface area contributed by atoms with Gasteiger partial charge in [0.05, 0.1) is 26.4 Å². The Balaban J connectivity index is 1.34.